The fourth-order valence-electron chi connectivity index (χ4n) is 5.37. The van der Waals surface area contributed by atoms with Crippen molar-refractivity contribution in [3.05, 3.63) is 57.9 Å². The van der Waals surface area contributed by atoms with Gasteiger partial charge in [-0.25, -0.2) is 8.42 Å². The van der Waals surface area contributed by atoms with Crippen LogP contribution in [0.3, 0.4) is 0 Å². The molecule has 3 aromatic rings. The van der Waals surface area contributed by atoms with Crippen LogP contribution in [0.2, 0.25) is 0 Å². The van der Waals surface area contributed by atoms with Gasteiger partial charge in [-0.15, -0.1) is 11.3 Å². The van der Waals surface area contributed by atoms with Gasteiger partial charge in [0.2, 0.25) is 15.9 Å². The number of ether oxygens (including phenoxy) is 1. The van der Waals surface area contributed by atoms with Gasteiger partial charge >= 0.3 is 0 Å². The maximum atomic E-state index is 13.5. The number of hydrogen-bond acceptors (Lipinski definition) is 7. The lowest BCUT2D eigenvalue weighted by Gasteiger charge is -2.24. The van der Waals surface area contributed by atoms with E-state index in [0.29, 0.717) is 34.5 Å². The zero-order valence-corrected chi connectivity index (χ0v) is 27.0. The number of halogens is 1. The van der Waals surface area contributed by atoms with E-state index in [1.165, 1.54) is 15.6 Å². The molecule has 0 spiro atoms. The summed E-state index contributed by atoms with van der Waals surface area (Å²) in [5.74, 6) is 0.209. The van der Waals surface area contributed by atoms with Crippen molar-refractivity contribution in [1.29, 1.82) is 0 Å². The molecule has 9 nitrogen and oxygen atoms in total. The molecule has 226 valence electrons. The second-order valence-electron chi connectivity index (χ2n) is 11.3. The first kappa shape index (κ1) is 30.9. The lowest BCUT2D eigenvalue weighted by atomic mass is 10.0. The number of hydrogen-bond donors (Lipinski definition) is 3. The molecule has 0 radical (unpaired) electrons. The first-order valence-electron chi connectivity index (χ1n) is 14.4. The summed E-state index contributed by atoms with van der Waals surface area (Å²) < 4.78 is 36.0. The van der Waals surface area contributed by atoms with E-state index in [4.69, 9.17) is 4.74 Å². The summed E-state index contributed by atoms with van der Waals surface area (Å²) in [6, 6.07) is 13.4. The fraction of sp³-hybridized carbons (Fsp3) is 0.467. The lowest BCUT2D eigenvalue weighted by Crippen LogP contribution is -2.50. The highest BCUT2D eigenvalue weighted by Crippen LogP contribution is 2.32. The molecule has 2 aliphatic heterocycles. The number of fused-ring (bicyclic) bond motifs is 1. The van der Waals surface area contributed by atoms with Crippen molar-refractivity contribution in [2.75, 3.05) is 26.2 Å². The Bertz CT molecular complexity index is 1500. The topological polar surface area (TPSA) is 117 Å². The van der Waals surface area contributed by atoms with Crippen LogP contribution in [0.4, 0.5) is 0 Å². The fourth-order valence-corrected chi connectivity index (χ4v) is 8.49. The van der Waals surface area contributed by atoms with Gasteiger partial charge in [-0.3, -0.25) is 9.59 Å². The molecule has 2 fully saturated rings. The van der Waals surface area contributed by atoms with Crippen LogP contribution in [0.1, 0.15) is 49.2 Å². The maximum absolute atomic E-state index is 13.5. The smallest absolute Gasteiger partial charge is 0.262 e. The molecule has 3 N–H and O–H groups in total. The third-order valence-electron chi connectivity index (χ3n) is 7.60. The number of benzene rings is 2. The lowest BCUT2D eigenvalue weighted by molar-refractivity contribution is -0.124. The molecule has 0 aliphatic carbocycles. The van der Waals surface area contributed by atoms with E-state index in [1.54, 1.807) is 18.2 Å². The Morgan fingerprint density at radius 2 is 1.88 bits per heavy atom. The third kappa shape index (κ3) is 7.34. The van der Waals surface area contributed by atoms with E-state index in [-0.39, 0.29) is 41.3 Å². The average Bonchev–Trinajstić information content (AvgIpc) is 3.62. The molecule has 0 unspecified atom stereocenters. The van der Waals surface area contributed by atoms with Crippen LogP contribution in [0.5, 0.6) is 5.75 Å². The number of carbonyl (C=O) groups is 2. The Kier molecular flexibility index (Phi) is 9.88. The second-order valence-corrected chi connectivity index (χ2v) is 15.2. The molecule has 1 aromatic heterocycles. The first-order chi connectivity index (χ1) is 20.1. The van der Waals surface area contributed by atoms with E-state index in [1.807, 2.05) is 44.2 Å². The highest BCUT2D eigenvalue weighted by molar-refractivity contribution is 9.10. The zero-order valence-electron chi connectivity index (χ0n) is 23.8. The van der Waals surface area contributed by atoms with Crippen molar-refractivity contribution in [2.24, 2.45) is 5.92 Å². The monoisotopic (exact) mass is 676 g/mol. The van der Waals surface area contributed by atoms with E-state index < -0.39 is 16.1 Å². The van der Waals surface area contributed by atoms with Gasteiger partial charge in [-0.2, -0.15) is 4.31 Å². The summed E-state index contributed by atoms with van der Waals surface area (Å²) >= 11 is 4.88. The van der Waals surface area contributed by atoms with Crippen LogP contribution in [0.25, 0.3) is 10.1 Å². The number of sulfonamides is 1. The predicted octanol–water partition coefficient (Wildman–Crippen LogP) is 4.52. The van der Waals surface area contributed by atoms with Gasteiger partial charge in [-0.05, 0) is 96.3 Å². The number of thiophene rings is 1. The maximum Gasteiger partial charge on any atom is 0.262 e. The van der Waals surface area contributed by atoms with Crippen LogP contribution < -0.4 is 20.7 Å². The van der Waals surface area contributed by atoms with Gasteiger partial charge in [0.1, 0.15) is 17.9 Å². The van der Waals surface area contributed by atoms with Gasteiger partial charge in [0, 0.05) is 23.8 Å². The first-order valence-corrected chi connectivity index (χ1v) is 17.4. The Balaban J connectivity index is 1.20. The molecule has 5 rings (SSSR count). The third-order valence-corrected chi connectivity index (χ3v) is 11.2. The number of piperidine rings is 1. The zero-order chi connectivity index (χ0) is 29.9. The summed E-state index contributed by atoms with van der Waals surface area (Å²) in [6.07, 6.45) is 2.86. The average molecular weight is 678 g/mol. The van der Waals surface area contributed by atoms with Gasteiger partial charge < -0.3 is 20.7 Å². The van der Waals surface area contributed by atoms with Crippen molar-refractivity contribution >= 4 is 59.2 Å². The van der Waals surface area contributed by atoms with Crippen molar-refractivity contribution in [3.63, 3.8) is 0 Å². The Morgan fingerprint density at radius 1 is 1.12 bits per heavy atom. The minimum absolute atomic E-state index is 0.0993. The molecule has 2 amide bonds. The van der Waals surface area contributed by atoms with E-state index in [0.717, 1.165) is 36.0 Å². The Hall–Kier alpha value is -2.51. The highest BCUT2D eigenvalue weighted by Gasteiger charge is 2.35. The van der Waals surface area contributed by atoms with Crippen LogP contribution in [0, 0.1) is 5.92 Å². The highest BCUT2D eigenvalue weighted by atomic mass is 79.9. The number of amides is 2. The molecule has 3 heterocycles. The second kappa shape index (κ2) is 13.4. The molecule has 12 heteroatoms. The molecule has 0 bridgehead atoms. The molecule has 2 aliphatic rings. The normalized spacial score (nSPS) is 19.2. The van der Waals surface area contributed by atoms with Crippen molar-refractivity contribution in [3.8, 4) is 5.75 Å². The number of carbonyl (C=O) groups excluding carboxylic acids is 2. The number of rotatable bonds is 10. The molecule has 0 saturated carbocycles. The number of nitrogens with zero attached hydrogens (tertiary/aromatic N) is 1. The van der Waals surface area contributed by atoms with Gasteiger partial charge in [0.05, 0.1) is 14.2 Å². The summed E-state index contributed by atoms with van der Waals surface area (Å²) in [4.78, 5) is 27.1. The Labute approximate surface area is 259 Å². The minimum Gasteiger partial charge on any atom is -0.489 e. The molecule has 2 atom stereocenters. The SMILES string of the molecule is CC(C)C[C@H](NC(=O)c1cc2ccccc2s1)C(=O)N[C@H]1CCN(S(=O)(=O)c2ccc(OC3CCNCC3)c(Br)c2)C1. The van der Waals surface area contributed by atoms with E-state index >= 15 is 0 Å². The summed E-state index contributed by atoms with van der Waals surface area (Å²) in [5.41, 5.74) is 0. The van der Waals surface area contributed by atoms with Crippen molar-refractivity contribution in [2.45, 2.75) is 62.6 Å². The minimum atomic E-state index is -3.77. The molecular weight excluding hydrogens is 640 g/mol. The quantitative estimate of drug-likeness (QED) is 0.291. The molecule has 2 aromatic carbocycles. The van der Waals surface area contributed by atoms with Gasteiger partial charge in [0.25, 0.3) is 5.91 Å². The van der Waals surface area contributed by atoms with Crippen LogP contribution in [-0.4, -0.2) is 68.9 Å². The summed E-state index contributed by atoms with van der Waals surface area (Å²) in [6.45, 7) is 6.25. The van der Waals surface area contributed by atoms with Crippen molar-refractivity contribution in [1.82, 2.24) is 20.3 Å². The Morgan fingerprint density at radius 3 is 2.60 bits per heavy atom. The van der Waals surface area contributed by atoms with Crippen LogP contribution in [-0.2, 0) is 14.8 Å². The summed E-state index contributed by atoms with van der Waals surface area (Å²) in [7, 11) is -3.77. The van der Waals surface area contributed by atoms with Crippen LogP contribution in [0.15, 0.2) is 57.9 Å². The van der Waals surface area contributed by atoms with E-state index in [9.17, 15) is 18.0 Å². The molecular formula is C30H37BrN4O5S2. The summed E-state index contributed by atoms with van der Waals surface area (Å²) in [5, 5.41) is 10.2. The molecule has 2 saturated heterocycles. The van der Waals surface area contributed by atoms with E-state index in [2.05, 4.69) is 31.9 Å². The van der Waals surface area contributed by atoms with Gasteiger partial charge in [-0.1, -0.05) is 32.0 Å². The largest absolute Gasteiger partial charge is 0.489 e. The molecule has 42 heavy (non-hydrogen) atoms. The number of nitrogens with one attached hydrogen (secondary N) is 3. The van der Waals surface area contributed by atoms with Crippen LogP contribution >= 0.6 is 27.3 Å². The van der Waals surface area contributed by atoms with Gasteiger partial charge in [0.15, 0.2) is 0 Å². The standard InChI is InChI=1S/C30H37BrN4O5S2/c1-19(2)15-25(34-30(37)28-16-20-5-3-4-6-27(20)41-28)29(36)33-21-11-14-35(18-21)42(38,39)23-7-8-26(24(31)17-23)40-22-9-12-32-13-10-22/h3-8,16-17,19,21-22,25,32H,9-15,18H2,1-2H3,(H,33,36)(H,34,37)/t21-,25-/m0/s1. The van der Waals surface area contributed by atoms with Crippen molar-refractivity contribution < 1.29 is 22.7 Å². The predicted molar refractivity (Wildman–Crippen MR) is 169 cm³/mol.